The number of cyclic esters (lactones) is 1. The van der Waals surface area contributed by atoms with Gasteiger partial charge >= 0.3 is 12.1 Å². The largest absolute Gasteiger partial charge is 0.488 e. The SMILES string of the molecule is CC(C)C[C@H](NC(=O)OC(C)(C)C)[C@@H]1Cc2cccc(OCc3ccccc3)c2C(=O)O1. The molecule has 0 fully saturated rings. The fourth-order valence-corrected chi connectivity index (χ4v) is 3.78. The second-order valence-corrected chi connectivity index (χ2v) is 9.59. The summed E-state index contributed by atoms with van der Waals surface area (Å²) >= 11 is 0. The Labute approximate surface area is 190 Å². The van der Waals surface area contributed by atoms with Crippen molar-refractivity contribution in [1.29, 1.82) is 0 Å². The summed E-state index contributed by atoms with van der Waals surface area (Å²) in [4.78, 5) is 25.4. The molecule has 2 aromatic carbocycles. The summed E-state index contributed by atoms with van der Waals surface area (Å²) in [7, 11) is 0. The molecule has 1 aliphatic rings. The highest BCUT2D eigenvalue weighted by Crippen LogP contribution is 2.31. The van der Waals surface area contributed by atoms with E-state index in [1.807, 2.05) is 63.2 Å². The van der Waals surface area contributed by atoms with Gasteiger partial charge < -0.3 is 19.5 Å². The van der Waals surface area contributed by atoms with E-state index >= 15 is 0 Å². The molecule has 32 heavy (non-hydrogen) atoms. The van der Waals surface area contributed by atoms with Gasteiger partial charge in [-0.05, 0) is 50.3 Å². The lowest BCUT2D eigenvalue weighted by Gasteiger charge is -2.33. The van der Waals surface area contributed by atoms with E-state index in [-0.39, 0.29) is 6.04 Å². The zero-order chi connectivity index (χ0) is 23.3. The third-order valence-electron chi connectivity index (χ3n) is 5.11. The van der Waals surface area contributed by atoms with Crippen molar-refractivity contribution in [3.05, 3.63) is 65.2 Å². The van der Waals surface area contributed by atoms with E-state index in [9.17, 15) is 9.59 Å². The van der Waals surface area contributed by atoms with Crippen molar-refractivity contribution >= 4 is 12.1 Å². The molecule has 0 spiro atoms. The predicted molar refractivity (Wildman–Crippen MR) is 123 cm³/mol. The van der Waals surface area contributed by atoms with Crippen LogP contribution in [-0.4, -0.2) is 29.8 Å². The Hall–Kier alpha value is -3.02. The van der Waals surface area contributed by atoms with Crippen molar-refractivity contribution < 1.29 is 23.8 Å². The number of hydrogen-bond acceptors (Lipinski definition) is 5. The van der Waals surface area contributed by atoms with E-state index in [2.05, 4.69) is 19.2 Å². The van der Waals surface area contributed by atoms with Gasteiger partial charge in [-0.1, -0.05) is 56.3 Å². The van der Waals surface area contributed by atoms with Crippen LogP contribution in [0.3, 0.4) is 0 Å². The van der Waals surface area contributed by atoms with E-state index in [1.54, 1.807) is 6.07 Å². The van der Waals surface area contributed by atoms with Gasteiger partial charge in [-0.25, -0.2) is 9.59 Å². The molecule has 6 nitrogen and oxygen atoms in total. The van der Waals surface area contributed by atoms with Gasteiger partial charge in [-0.2, -0.15) is 0 Å². The topological polar surface area (TPSA) is 73.9 Å². The molecule has 0 aromatic heterocycles. The van der Waals surface area contributed by atoms with Crippen LogP contribution in [0.4, 0.5) is 4.79 Å². The van der Waals surface area contributed by atoms with Crippen LogP contribution < -0.4 is 10.1 Å². The molecule has 0 saturated heterocycles. The van der Waals surface area contributed by atoms with Gasteiger partial charge in [0.15, 0.2) is 0 Å². The number of carbonyl (C=O) groups excluding carboxylic acids is 2. The molecule has 1 N–H and O–H groups in total. The molecule has 0 bridgehead atoms. The number of alkyl carbamates (subject to hydrolysis) is 1. The summed E-state index contributed by atoms with van der Waals surface area (Å²) in [6, 6.07) is 15.0. The van der Waals surface area contributed by atoms with Gasteiger partial charge in [-0.15, -0.1) is 0 Å². The van der Waals surface area contributed by atoms with Crippen LogP contribution in [0.1, 0.15) is 62.5 Å². The average Bonchev–Trinajstić information content (AvgIpc) is 2.70. The Kier molecular flexibility index (Phi) is 7.44. The zero-order valence-corrected chi connectivity index (χ0v) is 19.5. The Morgan fingerprint density at radius 2 is 1.84 bits per heavy atom. The summed E-state index contributed by atoms with van der Waals surface area (Å²) in [5.41, 5.74) is 1.73. The maximum atomic E-state index is 13.0. The molecule has 172 valence electrons. The first kappa shape index (κ1) is 23.6. The van der Waals surface area contributed by atoms with Gasteiger partial charge in [0.1, 0.15) is 29.6 Å². The van der Waals surface area contributed by atoms with Gasteiger partial charge in [0, 0.05) is 6.42 Å². The number of carbonyl (C=O) groups is 2. The number of nitrogens with one attached hydrogen (secondary N) is 1. The summed E-state index contributed by atoms with van der Waals surface area (Å²) < 4.78 is 17.2. The van der Waals surface area contributed by atoms with E-state index in [0.29, 0.717) is 36.7 Å². The minimum atomic E-state index is -0.604. The molecule has 1 heterocycles. The smallest absolute Gasteiger partial charge is 0.408 e. The highest BCUT2D eigenvalue weighted by molar-refractivity contribution is 5.95. The van der Waals surface area contributed by atoms with Crippen LogP contribution in [0, 0.1) is 5.92 Å². The first-order valence-corrected chi connectivity index (χ1v) is 11.1. The Morgan fingerprint density at radius 3 is 2.50 bits per heavy atom. The average molecular weight is 440 g/mol. The van der Waals surface area contributed by atoms with E-state index < -0.39 is 23.8 Å². The predicted octanol–water partition coefficient (Wildman–Crippen LogP) is 5.29. The zero-order valence-electron chi connectivity index (χ0n) is 19.5. The van der Waals surface area contributed by atoms with E-state index in [4.69, 9.17) is 14.2 Å². The Morgan fingerprint density at radius 1 is 1.12 bits per heavy atom. The summed E-state index contributed by atoms with van der Waals surface area (Å²) in [6.45, 7) is 9.95. The minimum absolute atomic E-state index is 0.301. The monoisotopic (exact) mass is 439 g/mol. The second kappa shape index (κ2) is 10.1. The summed E-state index contributed by atoms with van der Waals surface area (Å²) in [5, 5.41) is 2.92. The number of ether oxygens (including phenoxy) is 3. The minimum Gasteiger partial charge on any atom is -0.488 e. The standard InChI is InChI=1S/C26H33NO5/c1-17(2)14-20(27-25(29)32-26(3,4)5)22-15-19-12-9-13-21(23(19)24(28)31-22)30-16-18-10-7-6-8-11-18/h6-13,17,20,22H,14-16H2,1-5H3,(H,27,29)/t20-,22-/m0/s1. The van der Waals surface area contributed by atoms with Crippen molar-refractivity contribution in [2.45, 2.75) is 71.8 Å². The van der Waals surface area contributed by atoms with Gasteiger partial charge in [0.05, 0.1) is 6.04 Å². The molecule has 2 atom stereocenters. The highest BCUT2D eigenvalue weighted by atomic mass is 16.6. The number of hydrogen-bond donors (Lipinski definition) is 1. The highest BCUT2D eigenvalue weighted by Gasteiger charge is 2.36. The van der Waals surface area contributed by atoms with Crippen LogP contribution in [0.25, 0.3) is 0 Å². The van der Waals surface area contributed by atoms with Gasteiger partial charge in [-0.3, -0.25) is 0 Å². The van der Waals surface area contributed by atoms with Crippen molar-refractivity contribution in [3.63, 3.8) is 0 Å². The number of fused-ring (bicyclic) bond motifs is 1. The fraction of sp³-hybridized carbons (Fsp3) is 0.462. The number of esters is 1. The summed E-state index contributed by atoms with van der Waals surface area (Å²) in [6.07, 6.45) is 0.173. The lowest BCUT2D eigenvalue weighted by molar-refractivity contribution is 0.00686. The number of rotatable bonds is 7. The number of amides is 1. The molecule has 0 radical (unpaired) electrons. The molecular formula is C26H33NO5. The molecule has 0 unspecified atom stereocenters. The van der Waals surface area contributed by atoms with Gasteiger partial charge in [0.25, 0.3) is 0 Å². The van der Waals surface area contributed by atoms with Crippen LogP contribution in [0.2, 0.25) is 0 Å². The maximum absolute atomic E-state index is 13.0. The quantitative estimate of drug-likeness (QED) is 0.594. The Bertz CT molecular complexity index is 933. The van der Waals surface area contributed by atoms with E-state index in [0.717, 1.165) is 11.1 Å². The first-order valence-electron chi connectivity index (χ1n) is 11.1. The lowest BCUT2D eigenvalue weighted by Crippen LogP contribution is -2.49. The number of benzene rings is 2. The van der Waals surface area contributed by atoms with Crippen LogP contribution in [-0.2, 0) is 22.5 Å². The molecule has 0 saturated carbocycles. The van der Waals surface area contributed by atoms with Crippen LogP contribution in [0.15, 0.2) is 48.5 Å². The van der Waals surface area contributed by atoms with Crippen LogP contribution in [0.5, 0.6) is 5.75 Å². The van der Waals surface area contributed by atoms with Crippen LogP contribution >= 0.6 is 0 Å². The normalized spacial score (nSPS) is 16.7. The van der Waals surface area contributed by atoms with Crippen molar-refractivity contribution in [3.8, 4) is 5.75 Å². The molecule has 6 heteroatoms. The fourth-order valence-electron chi connectivity index (χ4n) is 3.78. The third kappa shape index (κ3) is 6.49. The third-order valence-corrected chi connectivity index (χ3v) is 5.11. The molecule has 1 amide bonds. The van der Waals surface area contributed by atoms with Crippen molar-refractivity contribution in [2.24, 2.45) is 5.92 Å². The van der Waals surface area contributed by atoms with Crippen molar-refractivity contribution in [2.75, 3.05) is 0 Å². The molecule has 3 rings (SSSR count). The first-order chi connectivity index (χ1) is 15.1. The molecule has 2 aromatic rings. The Balaban J connectivity index is 1.76. The molecular weight excluding hydrogens is 406 g/mol. The molecule has 0 aliphatic carbocycles. The van der Waals surface area contributed by atoms with Gasteiger partial charge in [0.2, 0.25) is 0 Å². The lowest BCUT2D eigenvalue weighted by atomic mass is 9.90. The van der Waals surface area contributed by atoms with Crippen molar-refractivity contribution in [1.82, 2.24) is 5.32 Å². The summed E-state index contributed by atoms with van der Waals surface area (Å²) in [5.74, 6) is 0.380. The molecule has 1 aliphatic heterocycles. The van der Waals surface area contributed by atoms with E-state index in [1.165, 1.54) is 0 Å². The maximum Gasteiger partial charge on any atom is 0.408 e. The second-order valence-electron chi connectivity index (χ2n) is 9.59.